The summed E-state index contributed by atoms with van der Waals surface area (Å²) in [6, 6.07) is 6.50. The predicted molar refractivity (Wildman–Crippen MR) is 96.8 cm³/mol. The Morgan fingerprint density at radius 2 is 2.04 bits per heavy atom. The van der Waals surface area contributed by atoms with Crippen LogP contribution in [0.25, 0.3) is 10.9 Å². The van der Waals surface area contributed by atoms with Gasteiger partial charge in [-0.05, 0) is 43.4 Å². The maximum absolute atomic E-state index is 10.0. The normalized spacial score (nSPS) is 15.3. The molecule has 1 aliphatic rings. The first kappa shape index (κ1) is 18.1. The van der Waals surface area contributed by atoms with Crippen LogP contribution in [0.15, 0.2) is 18.2 Å². The number of halogens is 1. The van der Waals surface area contributed by atoms with E-state index in [2.05, 4.69) is 30.2 Å². The Bertz CT molecular complexity index is 639. The summed E-state index contributed by atoms with van der Waals surface area (Å²) >= 11 is 0. The van der Waals surface area contributed by atoms with Gasteiger partial charge in [0.15, 0.2) is 0 Å². The summed E-state index contributed by atoms with van der Waals surface area (Å²) in [5, 5.41) is 14.5. The molecule has 4 nitrogen and oxygen atoms in total. The molecule has 0 saturated carbocycles. The number of nitrogens with one attached hydrogen (secondary N) is 2. The van der Waals surface area contributed by atoms with E-state index in [1.54, 1.807) is 0 Å². The molecular formula is C18H27ClN2O2. The van der Waals surface area contributed by atoms with E-state index in [0.29, 0.717) is 19.2 Å². The number of aliphatic hydroxyl groups is 1. The molecule has 0 saturated heterocycles. The summed E-state index contributed by atoms with van der Waals surface area (Å²) < 4.78 is 5.93. The minimum atomic E-state index is -0.493. The van der Waals surface area contributed by atoms with Crippen LogP contribution in [0.2, 0.25) is 0 Å². The number of aryl methyl sites for hydroxylation is 2. The van der Waals surface area contributed by atoms with Gasteiger partial charge in [-0.1, -0.05) is 19.9 Å². The second kappa shape index (κ2) is 8.04. The lowest BCUT2D eigenvalue weighted by Crippen LogP contribution is -2.35. The molecule has 0 bridgehead atoms. The molecule has 5 heteroatoms. The van der Waals surface area contributed by atoms with Crippen LogP contribution in [0, 0.1) is 0 Å². The van der Waals surface area contributed by atoms with E-state index in [1.807, 2.05) is 12.1 Å². The van der Waals surface area contributed by atoms with Gasteiger partial charge in [0, 0.05) is 29.2 Å². The molecule has 1 aromatic heterocycles. The van der Waals surface area contributed by atoms with Crippen molar-refractivity contribution in [3.8, 4) is 5.75 Å². The minimum Gasteiger partial charge on any atom is -0.490 e. The standard InChI is InChI=1S/C18H26N2O2.ClH/c1-12(2)19-10-13(21)11-22-17-9-5-8-16-18(17)14-6-3-4-7-15(14)20-16;/h5,8-9,12-13,19-21H,3-4,6-7,10-11H2,1-2H3;1H. The second-order valence-electron chi connectivity index (χ2n) is 6.50. The third kappa shape index (κ3) is 4.19. The van der Waals surface area contributed by atoms with Crippen molar-refractivity contribution in [3.63, 3.8) is 0 Å². The molecule has 1 aliphatic carbocycles. The first-order valence-corrected chi connectivity index (χ1v) is 8.32. The lowest BCUT2D eigenvalue weighted by molar-refractivity contribution is 0.105. The van der Waals surface area contributed by atoms with Crippen LogP contribution in [-0.2, 0) is 12.8 Å². The van der Waals surface area contributed by atoms with Gasteiger partial charge in [-0.25, -0.2) is 0 Å². The number of aromatic amines is 1. The highest BCUT2D eigenvalue weighted by Crippen LogP contribution is 2.35. The fourth-order valence-electron chi connectivity index (χ4n) is 3.17. The van der Waals surface area contributed by atoms with E-state index in [0.717, 1.165) is 24.1 Å². The third-order valence-corrected chi connectivity index (χ3v) is 4.27. The van der Waals surface area contributed by atoms with Crippen molar-refractivity contribution in [2.75, 3.05) is 13.2 Å². The van der Waals surface area contributed by atoms with Crippen LogP contribution in [-0.4, -0.2) is 35.4 Å². The largest absolute Gasteiger partial charge is 0.490 e. The van der Waals surface area contributed by atoms with Crippen LogP contribution < -0.4 is 10.1 Å². The first-order valence-electron chi connectivity index (χ1n) is 8.32. The van der Waals surface area contributed by atoms with Crippen molar-refractivity contribution in [3.05, 3.63) is 29.5 Å². The molecule has 0 amide bonds. The Hall–Kier alpha value is -1.23. The molecular weight excluding hydrogens is 312 g/mol. The number of hydrogen-bond acceptors (Lipinski definition) is 3. The molecule has 0 fully saturated rings. The van der Waals surface area contributed by atoms with Gasteiger partial charge in [-0.3, -0.25) is 0 Å². The third-order valence-electron chi connectivity index (χ3n) is 4.27. The number of benzene rings is 1. The van der Waals surface area contributed by atoms with E-state index < -0.39 is 6.10 Å². The molecule has 3 N–H and O–H groups in total. The fraction of sp³-hybridized carbons (Fsp3) is 0.556. The van der Waals surface area contributed by atoms with E-state index in [-0.39, 0.29) is 12.4 Å². The number of fused-ring (bicyclic) bond motifs is 3. The molecule has 0 radical (unpaired) electrons. The van der Waals surface area contributed by atoms with Gasteiger partial charge in [0.05, 0.1) is 0 Å². The first-order chi connectivity index (χ1) is 10.6. The zero-order chi connectivity index (χ0) is 15.5. The molecule has 1 unspecified atom stereocenters. The topological polar surface area (TPSA) is 57.3 Å². The molecule has 0 aliphatic heterocycles. The average Bonchev–Trinajstić information content (AvgIpc) is 2.90. The van der Waals surface area contributed by atoms with Crippen molar-refractivity contribution in [2.45, 2.75) is 51.7 Å². The lowest BCUT2D eigenvalue weighted by atomic mass is 9.95. The second-order valence-corrected chi connectivity index (χ2v) is 6.50. The van der Waals surface area contributed by atoms with Crippen molar-refractivity contribution < 1.29 is 9.84 Å². The van der Waals surface area contributed by atoms with Gasteiger partial charge in [-0.2, -0.15) is 0 Å². The summed E-state index contributed by atoms with van der Waals surface area (Å²) in [5.74, 6) is 0.889. The van der Waals surface area contributed by atoms with Crippen LogP contribution in [0.4, 0.5) is 0 Å². The fourth-order valence-corrected chi connectivity index (χ4v) is 3.17. The lowest BCUT2D eigenvalue weighted by Gasteiger charge is -2.16. The number of aromatic nitrogens is 1. The molecule has 0 spiro atoms. The van der Waals surface area contributed by atoms with Crippen LogP contribution in [0.1, 0.15) is 37.9 Å². The average molecular weight is 339 g/mol. The molecule has 2 aromatic rings. The van der Waals surface area contributed by atoms with Crippen molar-refractivity contribution in [2.24, 2.45) is 0 Å². The Kier molecular flexibility index (Phi) is 6.33. The zero-order valence-electron chi connectivity index (χ0n) is 13.9. The molecule has 128 valence electrons. The van der Waals surface area contributed by atoms with Crippen molar-refractivity contribution in [1.82, 2.24) is 10.3 Å². The highest BCUT2D eigenvalue weighted by atomic mass is 35.5. The predicted octanol–water partition coefficient (Wildman–Crippen LogP) is 3.21. The summed E-state index contributed by atoms with van der Waals surface area (Å²) in [6.45, 7) is 5.01. The summed E-state index contributed by atoms with van der Waals surface area (Å²) in [5.41, 5.74) is 3.92. The van der Waals surface area contributed by atoms with Gasteiger partial charge >= 0.3 is 0 Å². The van der Waals surface area contributed by atoms with Crippen LogP contribution in [0.3, 0.4) is 0 Å². The molecule has 1 aromatic carbocycles. The Balaban J connectivity index is 0.00000192. The van der Waals surface area contributed by atoms with Gasteiger partial charge in [-0.15, -0.1) is 12.4 Å². The minimum absolute atomic E-state index is 0. The monoisotopic (exact) mass is 338 g/mol. The molecule has 1 heterocycles. The number of aliphatic hydroxyl groups excluding tert-OH is 1. The summed E-state index contributed by atoms with van der Waals surface area (Å²) in [4.78, 5) is 3.53. The smallest absolute Gasteiger partial charge is 0.129 e. The quantitative estimate of drug-likeness (QED) is 0.758. The number of ether oxygens (including phenoxy) is 1. The molecule has 3 rings (SSSR count). The van der Waals surface area contributed by atoms with Gasteiger partial charge in [0.1, 0.15) is 18.5 Å². The Labute approximate surface area is 144 Å². The SMILES string of the molecule is CC(C)NCC(O)COc1cccc2[nH]c3c(c12)CCCC3.Cl. The number of hydrogen-bond donors (Lipinski definition) is 3. The maximum atomic E-state index is 10.0. The number of H-pyrrole nitrogens is 1. The Morgan fingerprint density at radius 3 is 2.83 bits per heavy atom. The highest BCUT2D eigenvalue weighted by Gasteiger charge is 2.18. The van der Waals surface area contributed by atoms with Gasteiger partial charge < -0.3 is 20.1 Å². The highest BCUT2D eigenvalue weighted by molar-refractivity contribution is 5.90. The van der Waals surface area contributed by atoms with Gasteiger partial charge in [0.2, 0.25) is 0 Å². The molecule has 23 heavy (non-hydrogen) atoms. The van der Waals surface area contributed by atoms with E-state index in [9.17, 15) is 5.11 Å². The maximum Gasteiger partial charge on any atom is 0.129 e. The van der Waals surface area contributed by atoms with Crippen LogP contribution >= 0.6 is 12.4 Å². The molecule has 1 atom stereocenters. The zero-order valence-corrected chi connectivity index (χ0v) is 14.7. The van der Waals surface area contributed by atoms with Gasteiger partial charge in [0.25, 0.3) is 0 Å². The van der Waals surface area contributed by atoms with E-state index >= 15 is 0 Å². The summed E-state index contributed by atoms with van der Waals surface area (Å²) in [6.07, 6.45) is 4.26. The Morgan fingerprint density at radius 1 is 1.26 bits per heavy atom. The van der Waals surface area contributed by atoms with E-state index in [4.69, 9.17) is 4.74 Å². The summed E-state index contributed by atoms with van der Waals surface area (Å²) in [7, 11) is 0. The van der Waals surface area contributed by atoms with Crippen LogP contribution in [0.5, 0.6) is 5.75 Å². The van der Waals surface area contributed by atoms with Crippen molar-refractivity contribution in [1.29, 1.82) is 0 Å². The number of rotatable bonds is 6. The van der Waals surface area contributed by atoms with E-state index in [1.165, 1.54) is 29.5 Å². The van der Waals surface area contributed by atoms with Crippen molar-refractivity contribution >= 4 is 23.3 Å².